The third kappa shape index (κ3) is 4.06. The molecule has 2 aromatic heterocycles. The van der Waals surface area contributed by atoms with Crippen LogP contribution in [0.5, 0.6) is 0 Å². The Morgan fingerprint density at radius 3 is 2.43 bits per heavy atom. The first kappa shape index (κ1) is 20.0. The van der Waals surface area contributed by atoms with Crippen LogP contribution in [0.25, 0.3) is 5.95 Å². The Morgan fingerprint density at radius 1 is 1.18 bits per heavy atom. The zero-order valence-electron chi connectivity index (χ0n) is 16.3. The molecule has 0 aliphatic heterocycles. The maximum absolute atomic E-state index is 13.1. The monoisotopic (exact) mass is 443 g/mol. The fraction of sp³-hybridized carbons (Fsp3) is 0.300. The van der Waals surface area contributed by atoms with Crippen molar-refractivity contribution < 1.29 is 4.79 Å². The Morgan fingerprint density at radius 2 is 1.86 bits per heavy atom. The largest absolute Gasteiger partial charge is 0.325 e. The molecule has 0 aliphatic carbocycles. The molecule has 146 valence electrons. The summed E-state index contributed by atoms with van der Waals surface area (Å²) in [5, 5.41) is 7.26. The molecular formula is C20H22BrN5O2. The van der Waals surface area contributed by atoms with E-state index in [4.69, 9.17) is 0 Å². The molecular weight excluding hydrogens is 422 g/mol. The van der Waals surface area contributed by atoms with Gasteiger partial charge in [-0.15, -0.1) is 0 Å². The van der Waals surface area contributed by atoms with E-state index in [1.54, 1.807) is 16.8 Å². The number of hydrogen-bond donors (Lipinski definition) is 1. The number of nitrogens with zero attached hydrogens (tertiary/aromatic N) is 4. The highest BCUT2D eigenvalue weighted by atomic mass is 79.9. The number of amides is 1. The molecule has 0 saturated heterocycles. The highest BCUT2D eigenvalue weighted by Gasteiger charge is 2.19. The molecule has 0 bridgehead atoms. The maximum Gasteiger partial charge on any atom is 0.258 e. The van der Waals surface area contributed by atoms with E-state index in [9.17, 15) is 9.59 Å². The Labute approximate surface area is 171 Å². The fourth-order valence-electron chi connectivity index (χ4n) is 3.11. The lowest BCUT2D eigenvalue weighted by Gasteiger charge is -2.16. The average molecular weight is 444 g/mol. The lowest BCUT2D eigenvalue weighted by Crippen LogP contribution is -2.34. The predicted molar refractivity (Wildman–Crippen MR) is 112 cm³/mol. The molecule has 28 heavy (non-hydrogen) atoms. The van der Waals surface area contributed by atoms with E-state index in [0.29, 0.717) is 29.3 Å². The molecule has 0 unspecified atom stereocenters. The first-order valence-electron chi connectivity index (χ1n) is 8.99. The zero-order chi connectivity index (χ0) is 20.4. The third-order valence-corrected chi connectivity index (χ3v) is 4.96. The van der Waals surface area contributed by atoms with Gasteiger partial charge in [-0.05, 0) is 57.5 Å². The SMILES string of the molecule is CCc1c(C)nc(-n2nc(C)cc2C)n(CC(=O)Nc2ccc(Br)cc2)c1=O. The van der Waals surface area contributed by atoms with Crippen LogP contribution in [0.2, 0.25) is 0 Å². The molecule has 0 fully saturated rings. The van der Waals surface area contributed by atoms with Crippen LogP contribution in [0.4, 0.5) is 5.69 Å². The van der Waals surface area contributed by atoms with Gasteiger partial charge in [-0.3, -0.25) is 14.2 Å². The van der Waals surface area contributed by atoms with Crippen molar-refractivity contribution in [1.82, 2.24) is 19.3 Å². The summed E-state index contributed by atoms with van der Waals surface area (Å²) in [5.41, 5.74) is 3.35. The first-order valence-corrected chi connectivity index (χ1v) is 9.78. The zero-order valence-corrected chi connectivity index (χ0v) is 17.9. The Hall–Kier alpha value is -2.74. The summed E-state index contributed by atoms with van der Waals surface area (Å²) >= 11 is 3.37. The van der Waals surface area contributed by atoms with Gasteiger partial charge in [0.2, 0.25) is 11.9 Å². The number of aryl methyl sites for hydroxylation is 3. The summed E-state index contributed by atoms with van der Waals surface area (Å²) in [6, 6.07) is 9.16. The van der Waals surface area contributed by atoms with Gasteiger partial charge < -0.3 is 5.32 Å². The standard InChI is InChI=1S/C20H22BrN5O2/c1-5-17-14(4)22-20(26-13(3)10-12(2)24-26)25(19(17)28)11-18(27)23-16-8-6-15(21)7-9-16/h6-10H,5,11H2,1-4H3,(H,23,27). The van der Waals surface area contributed by atoms with Crippen LogP contribution in [0.15, 0.2) is 39.6 Å². The highest BCUT2D eigenvalue weighted by Crippen LogP contribution is 2.15. The number of nitrogens with one attached hydrogen (secondary N) is 1. The molecule has 0 atom stereocenters. The fourth-order valence-corrected chi connectivity index (χ4v) is 3.37. The molecule has 2 heterocycles. The van der Waals surface area contributed by atoms with Crippen LogP contribution in [0.1, 0.15) is 29.6 Å². The summed E-state index contributed by atoms with van der Waals surface area (Å²) < 4.78 is 3.92. The number of hydrogen-bond acceptors (Lipinski definition) is 4. The first-order chi connectivity index (χ1) is 13.3. The molecule has 3 aromatic rings. The van der Waals surface area contributed by atoms with Crippen molar-refractivity contribution in [2.24, 2.45) is 0 Å². The van der Waals surface area contributed by atoms with E-state index in [-0.39, 0.29) is 18.0 Å². The van der Waals surface area contributed by atoms with Crippen LogP contribution >= 0.6 is 15.9 Å². The third-order valence-electron chi connectivity index (χ3n) is 4.43. The number of rotatable bonds is 5. The molecule has 0 spiro atoms. The van der Waals surface area contributed by atoms with Crippen molar-refractivity contribution >= 4 is 27.5 Å². The summed E-state index contributed by atoms with van der Waals surface area (Å²) in [4.78, 5) is 30.3. The molecule has 0 radical (unpaired) electrons. The van der Waals surface area contributed by atoms with E-state index >= 15 is 0 Å². The number of carbonyl (C=O) groups excluding carboxylic acids is 1. The predicted octanol–water partition coefficient (Wildman–Crippen LogP) is 3.32. The second-order valence-electron chi connectivity index (χ2n) is 6.61. The minimum atomic E-state index is -0.306. The number of benzene rings is 1. The molecule has 1 aromatic carbocycles. The van der Waals surface area contributed by atoms with Gasteiger partial charge >= 0.3 is 0 Å². The summed E-state index contributed by atoms with van der Waals surface area (Å²) in [6.07, 6.45) is 0.545. The summed E-state index contributed by atoms with van der Waals surface area (Å²) in [5.74, 6) is 0.0381. The van der Waals surface area contributed by atoms with Gasteiger partial charge in [-0.1, -0.05) is 22.9 Å². The van der Waals surface area contributed by atoms with E-state index in [2.05, 4.69) is 31.3 Å². The van der Waals surface area contributed by atoms with Crippen LogP contribution in [-0.2, 0) is 17.8 Å². The summed E-state index contributed by atoms with van der Waals surface area (Å²) in [7, 11) is 0. The lowest BCUT2D eigenvalue weighted by molar-refractivity contribution is -0.116. The van der Waals surface area contributed by atoms with Crippen LogP contribution in [-0.4, -0.2) is 25.2 Å². The van der Waals surface area contributed by atoms with Gasteiger partial charge in [-0.25, -0.2) is 9.67 Å². The van der Waals surface area contributed by atoms with Crippen molar-refractivity contribution in [3.05, 3.63) is 67.8 Å². The Bertz CT molecular complexity index is 1080. The Kier molecular flexibility index (Phi) is 5.79. The quantitative estimate of drug-likeness (QED) is 0.655. The average Bonchev–Trinajstić information content (AvgIpc) is 2.97. The second kappa shape index (κ2) is 8.10. The minimum Gasteiger partial charge on any atom is -0.325 e. The molecule has 0 saturated carbocycles. The van der Waals surface area contributed by atoms with E-state index in [1.807, 2.05) is 45.9 Å². The van der Waals surface area contributed by atoms with Crippen LogP contribution in [0.3, 0.4) is 0 Å². The van der Waals surface area contributed by atoms with Crippen molar-refractivity contribution in [3.63, 3.8) is 0 Å². The molecule has 3 rings (SSSR count). The van der Waals surface area contributed by atoms with Crippen molar-refractivity contribution in [2.75, 3.05) is 5.32 Å². The second-order valence-corrected chi connectivity index (χ2v) is 7.53. The van der Waals surface area contributed by atoms with Crippen LogP contribution in [0, 0.1) is 20.8 Å². The molecule has 7 nitrogen and oxygen atoms in total. The van der Waals surface area contributed by atoms with Gasteiger partial charge in [0.1, 0.15) is 6.54 Å². The number of anilines is 1. The highest BCUT2D eigenvalue weighted by molar-refractivity contribution is 9.10. The number of halogens is 1. The molecule has 0 aliphatic rings. The normalized spacial score (nSPS) is 10.9. The van der Waals surface area contributed by atoms with E-state index in [0.717, 1.165) is 15.9 Å². The van der Waals surface area contributed by atoms with E-state index < -0.39 is 0 Å². The van der Waals surface area contributed by atoms with Crippen molar-refractivity contribution in [3.8, 4) is 5.95 Å². The lowest BCUT2D eigenvalue weighted by atomic mass is 10.2. The molecule has 1 amide bonds. The Balaban J connectivity index is 2.02. The van der Waals surface area contributed by atoms with Gasteiger partial charge in [0, 0.05) is 21.4 Å². The van der Waals surface area contributed by atoms with Crippen LogP contribution < -0.4 is 10.9 Å². The van der Waals surface area contributed by atoms with Gasteiger partial charge in [0.15, 0.2) is 0 Å². The molecule has 1 N–H and O–H groups in total. The number of aromatic nitrogens is 4. The topological polar surface area (TPSA) is 81.8 Å². The number of carbonyl (C=O) groups is 1. The van der Waals surface area contributed by atoms with Gasteiger partial charge in [0.05, 0.1) is 11.4 Å². The minimum absolute atomic E-state index is 0.150. The maximum atomic E-state index is 13.1. The molecule has 8 heteroatoms. The van der Waals surface area contributed by atoms with Crippen molar-refractivity contribution in [2.45, 2.75) is 40.7 Å². The van der Waals surface area contributed by atoms with Gasteiger partial charge in [0.25, 0.3) is 5.56 Å². The summed E-state index contributed by atoms with van der Waals surface area (Å²) in [6.45, 7) is 7.33. The smallest absolute Gasteiger partial charge is 0.258 e. The van der Waals surface area contributed by atoms with E-state index in [1.165, 1.54) is 4.57 Å². The van der Waals surface area contributed by atoms with Gasteiger partial charge in [-0.2, -0.15) is 5.10 Å². The van der Waals surface area contributed by atoms with Crippen molar-refractivity contribution in [1.29, 1.82) is 0 Å².